The van der Waals surface area contributed by atoms with Crippen molar-refractivity contribution in [3.8, 4) is 0 Å². The smallest absolute Gasteiger partial charge is 0.336 e. The molecule has 3 heterocycles. The number of amides is 1. The van der Waals surface area contributed by atoms with Gasteiger partial charge in [-0.1, -0.05) is 17.7 Å². The number of halogens is 4. The van der Waals surface area contributed by atoms with Crippen molar-refractivity contribution in [1.82, 2.24) is 14.8 Å². The van der Waals surface area contributed by atoms with Gasteiger partial charge in [0.15, 0.2) is 0 Å². The minimum Gasteiger partial charge on any atom is -0.336 e. The SMILES string of the molecule is O=C1CCN(Cc2ccc(C(F)(F)F)nc2)CCN1Cc1ccc(Cl)s1. The fraction of sp³-hybridized carbons (Fsp3) is 0.412. The van der Waals surface area contributed by atoms with Gasteiger partial charge in [0.05, 0.1) is 10.9 Å². The molecule has 0 aliphatic carbocycles. The summed E-state index contributed by atoms with van der Waals surface area (Å²) in [6.45, 7) is 2.80. The molecule has 140 valence electrons. The highest BCUT2D eigenvalue weighted by Crippen LogP contribution is 2.27. The minimum absolute atomic E-state index is 0.0718. The van der Waals surface area contributed by atoms with E-state index in [4.69, 9.17) is 11.6 Å². The van der Waals surface area contributed by atoms with Crippen molar-refractivity contribution in [2.45, 2.75) is 25.7 Å². The number of nitrogens with zero attached hydrogens (tertiary/aromatic N) is 3. The Morgan fingerprint density at radius 1 is 1.12 bits per heavy atom. The van der Waals surface area contributed by atoms with Crippen LogP contribution < -0.4 is 0 Å². The zero-order chi connectivity index (χ0) is 18.7. The number of pyridine rings is 1. The van der Waals surface area contributed by atoms with Gasteiger partial charge in [-0.2, -0.15) is 13.2 Å². The average molecular weight is 404 g/mol. The van der Waals surface area contributed by atoms with Crippen molar-refractivity contribution in [2.24, 2.45) is 0 Å². The lowest BCUT2D eigenvalue weighted by molar-refractivity contribution is -0.141. The first-order valence-electron chi connectivity index (χ1n) is 8.08. The van der Waals surface area contributed by atoms with E-state index in [-0.39, 0.29) is 5.91 Å². The Morgan fingerprint density at radius 2 is 1.92 bits per heavy atom. The van der Waals surface area contributed by atoms with Crippen LogP contribution >= 0.6 is 22.9 Å². The molecule has 0 bridgehead atoms. The first-order valence-corrected chi connectivity index (χ1v) is 9.27. The number of carbonyl (C=O) groups excluding carboxylic acids is 1. The van der Waals surface area contributed by atoms with Gasteiger partial charge in [-0.05, 0) is 23.8 Å². The maximum absolute atomic E-state index is 12.6. The summed E-state index contributed by atoms with van der Waals surface area (Å²) >= 11 is 7.38. The molecule has 1 amide bonds. The number of rotatable bonds is 4. The standard InChI is InChI=1S/C17H17ClF3N3OS/c18-15-4-2-13(26-15)11-24-8-7-23(6-5-16(24)25)10-12-1-3-14(22-9-12)17(19,20)21/h1-4,9H,5-8,10-11H2. The molecule has 0 spiro atoms. The Balaban J connectivity index is 1.58. The Hall–Kier alpha value is -1.64. The summed E-state index contributed by atoms with van der Waals surface area (Å²) in [5.74, 6) is 0.0718. The third kappa shape index (κ3) is 4.96. The van der Waals surface area contributed by atoms with Gasteiger partial charge in [-0.25, -0.2) is 0 Å². The van der Waals surface area contributed by atoms with Gasteiger partial charge in [-0.3, -0.25) is 14.7 Å². The van der Waals surface area contributed by atoms with E-state index in [1.54, 1.807) is 4.90 Å². The van der Waals surface area contributed by atoms with Gasteiger partial charge in [0, 0.05) is 43.7 Å². The molecule has 0 aromatic carbocycles. The van der Waals surface area contributed by atoms with E-state index in [1.165, 1.54) is 23.6 Å². The van der Waals surface area contributed by atoms with Gasteiger partial charge in [-0.15, -0.1) is 11.3 Å². The number of carbonyl (C=O) groups is 1. The predicted molar refractivity (Wildman–Crippen MR) is 93.9 cm³/mol. The summed E-state index contributed by atoms with van der Waals surface area (Å²) in [6, 6.07) is 6.16. The zero-order valence-corrected chi connectivity index (χ0v) is 15.4. The summed E-state index contributed by atoms with van der Waals surface area (Å²) in [5, 5.41) is 0. The molecule has 2 aromatic heterocycles. The highest BCUT2D eigenvalue weighted by Gasteiger charge is 2.32. The fourth-order valence-electron chi connectivity index (χ4n) is 2.80. The molecule has 1 fully saturated rings. The quantitative estimate of drug-likeness (QED) is 0.772. The largest absolute Gasteiger partial charge is 0.433 e. The summed E-state index contributed by atoms with van der Waals surface area (Å²) in [5.41, 5.74) is -0.197. The summed E-state index contributed by atoms with van der Waals surface area (Å²) in [6.07, 6.45) is -2.80. The van der Waals surface area contributed by atoms with Crippen LogP contribution in [0.3, 0.4) is 0 Å². The molecule has 0 saturated carbocycles. The Bertz CT molecular complexity index is 763. The number of aromatic nitrogens is 1. The Morgan fingerprint density at radius 3 is 2.54 bits per heavy atom. The van der Waals surface area contributed by atoms with E-state index in [2.05, 4.69) is 9.88 Å². The van der Waals surface area contributed by atoms with Crippen LogP contribution in [0.5, 0.6) is 0 Å². The van der Waals surface area contributed by atoms with Crippen molar-refractivity contribution in [3.63, 3.8) is 0 Å². The molecule has 1 aliphatic heterocycles. The van der Waals surface area contributed by atoms with Crippen molar-refractivity contribution in [3.05, 3.63) is 50.9 Å². The van der Waals surface area contributed by atoms with Crippen LogP contribution in [-0.2, 0) is 24.1 Å². The lowest BCUT2D eigenvalue weighted by Crippen LogP contribution is -2.32. The normalized spacial score (nSPS) is 16.8. The first kappa shape index (κ1) is 19.1. The Kier molecular flexibility index (Phi) is 5.84. The molecule has 0 unspecified atom stereocenters. The second-order valence-electron chi connectivity index (χ2n) is 6.10. The first-order chi connectivity index (χ1) is 12.3. The van der Waals surface area contributed by atoms with E-state index in [9.17, 15) is 18.0 Å². The molecule has 1 aliphatic rings. The van der Waals surface area contributed by atoms with E-state index in [0.717, 1.165) is 10.9 Å². The molecule has 4 nitrogen and oxygen atoms in total. The molecular formula is C17H17ClF3N3OS. The highest BCUT2D eigenvalue weighted by molar-refractivity contribution is 7.16. The number of alkyl halides is 3. The van der Waals surface area contributed by atoms with Crippen molar-refractivity contribution < 1.29 is 18.0 Å². The van der Waals surface area contributed by atoms with E-state index < -0.39 is 11.9 Å². The van der Waals surface area contributed by atoms with Crippen LogP contribution in [0.1, 0.15) is 22.6 Å². The van der Waals surface area contributed by atoms with Crippen LogP contribution in [-0.4, -0.2) is 40.3 Å². The minimum atomic E-state index is -4.43. The topological polar surface area (TPSA) is 36.4 Å². The molecule has 0 atom stereocenters. The van der Waals surface area contributed by atoms with Gasteiger partial charge in [0.25, 0.3) is 0 Å². The third-order valence-corrected chi connectivity index (χ3v) is 5.39. The second kappa shape index (κ2) is 7.94. The molecule has 2 aromatic rings. The molecule has 9 heteroatoms. The van der Waals surface area contributed by atoms with Crippen molar-refractivity contribution in [2.75, 3.05) is 19.6 Å². The lowest BCUT2D eigenvalue weighted by atomic mass is 10.2. The monoisotopic (exact) mass is 403 g/mol. The van der Waals surface area contributed by atoms with Gasteiger partial charge in [0.1, 0.15) is 5.69 Å². The lowest BCUT2D eigenvalue weighted by Gasteiger charge is -2.21. The molecule has 1 saturated heterocycles. The number of hydrogen-bond donors (Lipinski definition) is 0. The number of thiophene rings is 1. The van der Waals surface area contributed by atoms with E-state index in [0.29, 0.717) is 49.0 Å². The maximum Gasteiger partial charge on any atom is 0.433 e. The molecule has 0 radical (unpaired) electrons. The van der Waals surface area contributed by atoms with Crippen LogP contribution in [0.25, 0.3) is 0 Å². The van der Waals surface area contributed by atoms with Crippen LogP contribution in [0.4, 0.5) is 13.2 Å². The van der Waals surface area contributed by atoms with Crippen LogP contribution in [0, 0.1) is 0 Å². The summed E-state index contributed by atoms with van der Waals surface area (Å²) in [4.78, 5) is 20.7. The van der Waals surface area contributed by atoms with E-state index >= 15 is 0 Å². The van der Waals surface area contributed by atoms with Crippen LogP contribution in [0.15, 0.2) is 30.5 Å². The summed E-state index contributed by atoms with van der Waals surface area (Å²) < 4.78 is 38.4. The second-order valence-corrected chi connectivity index (χ2v) is 7.90. The van der Waals surface area contributed by atoms with Crippen molar-refractivity contribution >= 4 is 28.8 Å². The van der Waals surface area contributed by atoms with Gasteiger partial charge < -0.3 is 4.90 Å². The van der Waals surface area contributed by atoms with E-state index in [1.807, 2.05) is 12.1 Å². The van der Waals surface area contributed by atoms with Gasteiger partial charge in [0.2, 0.25) is 5.91 Å². The maximum atomic E-state index is 12.6. The predicted octanol–water partition coefficient (Wildman–Crippen LogP) is 4.05. The van der Waals surface area contributed by atoms with Crippen LogP contribution in [0.2, 0.25) is 4.34 Å². The number of hydrogen-bond acceptors (Lipinski definition) is 4. The molecule has 3 rings (SSSR count). The van der Waals surface area contributed by atoms with Gasteiger partial charge >= 0.3 is 6.18 Å². The Labute approximate surface area is 158 Å². The zero-order valence-electron chi connectivity index (χ0n) is 13.8. The summed E-state index contributed by atoms with van der Waals surface area (Å²) in [7, 11) is 0. The molecule has 0 N–H and O–H groups in total. The van der Waals surface area contributed by atoms with Crippen molar-refractivity contribution in [1.29, 1.82) is 0 Å². The fourth-order valence-corrected chi connectivity index (χ4v) is 3.91. The average Bonchev–Trinajstić information content (AvgIpc) is 2.92. The third-order valence-electron chi connectivity index (χ3n) is 4.18. The molecular weight excluding hydrogens is 387 g/mol. The highest BCUT2D eigenvalue weighted by atomic mass is 35.5. The molecule has 26 heavy (non-hydrogen) atoms.